The molecule has 0 radical (unpaired) electrons. The fraction of sp³-hybridized carbons (Fsp3) is 0.864. The van der Waals surface area contributed by atoms with Crippen molar-refractivity contribution in [3.05, 3.63) is 0 Å². The second-order valence-electron chi connectivity index (χ2n) is 7.06. The molecule has 9 nitrogen and oxygen atoms in total. The highest BCUT2D eigenvalue weighted by atomic mass is 16.6. The maximum absolute atomic E-state index is 11.2. The fourth-order valence-corrected chi connectivity index (χ4v) is 2.26. The molecule has 0 aromatic carbocycles. The minimum atomic E-state index is -0.832. The van der Waals surface area contributed by atoms with Gasteiger partial charge in [0.2, 0.25) is 5.91 Å². The van der Waals surface area contributed by atoms with Crippen molar-refractivity contribution in [3.8, 4) is 0 Å². The largest absolute Gasteiger partial charge is 0.463 e. The van der Waals surface area contributed by atoms with Gasteiger partial charge in [0.05, 0.1) is 6.61 Å². The number of rotatable bonds is 18. The summed E-state index contributed by atoms with van der Waals surface area (Å²) in [7, 11) is 0. The van der Waals surface area contributed by atoms with Gasteiger partial charge >= 0.3 is 11.9 Å². The number of hydrogen-bond acceptors (Lipinski definition) is 8. The van der Waals surface area contributed by atoms with Crippen molar-refractivity contribution in [3.63, 3.8) is 0 Å². The van der Waals surface area contributed by atoms with E-state index >= 15 is 0 Å². The Balaban J connectivity index is 0. The number of esters is 2. The van der Waals surface area contributed by atoms with Crippen LogP contribution in [0.4, 0.5) is 0 Å². The van der Waals surface area contributed by atoms with Crippen LogP contribution in [0.1, 0.15) is 85.0 Å². The first-order valence-electron chi connectivity index (χ1n) is 11.4. The van der Waals surface area contributed by atoms with Gasteiger partial charge in [-0.2, -0.15) is 0 Å². The summed E-state index contributed by atoms with van der Waals surface area (Å²) in [5, 5.41) is 20.3. The Kier molecular flexibility index (Phi) is 24.9. The van der Waals surface area contributed by atoms with Crippen LogP contribution in [0.2, 0.25) is 0 Å². The van der Waals surface area contributed by atoms with E-state index in [1.165, 1.54) is 0 Å². The lowest BCUT2D eigenvalue weighted by molar-refractivity contribution is -0.147. The predicted octanol–water partition coefficient (Wildman–Crippen LogP) is 2.46. The maximum Gasteiger partial charge on any atom is 0.305 e. The zero-order chi connectivity index (χ0) is 23.7. The van der Waals surface area contributed by atoms with Crippen molar-refractivity contribution in [2.24, 2.45) is 0 Å². The molecule has 0 aromatic rings. The van der Waals surface area contributed by atoms with Gasteiger partial charge in [-0.05, 0) is 19.3 Å². The zero-order valence-electron chi connectivity index (χ0n) is 19.5. The lowest BCUT2D eigenvalue weighted by Gasteiger charge is -2.12. The summed E-state index contributed by atoms with van der Waals surface area (Å²) in [4.78, 5) is 33.3. The van der Waals surface area contributed by atoms with Gasteiger partial charge in [-0.1, -0.05) is 46.5 Å². The quantitative estimate of drug-likeness (QED) is 0.165. The molecule has 0 aliphatic rings. The van der Waals surface area contributed by atoms with Crippen LogP contribution in [0.15, 0.2) is 0 Å². The summed E-state index contributed by atoms with van der Waals surface area (Å²) in [5.41, 5.74) is 0. The first kappa shape index (κ1) is 31.5. The number of hydrogen-bond donors (Lipinski definition) is 3. The summed E-state index contributed by atoms with van der Waals surface area (Å²) < 4.78 is 14.3. The van der Waals surface area contributed by atoms with Crippen molar-refractivity contribution in [1.29, 1.82) is 0 Å². The first-order chi connectivity index (χ1) is 14.9. The van der Waals surface area contributed by atoms with Gasteiger partial charge in [0.15, 0.2) is 0 Å². The molecule has 31 heavy (non-hydrogen) atoms. The van der Waals surface area contributed by atoms with Gasteiger partial charge < -0.3 is 29.7 Å². The average molecular weight is 450 g/mol. The summed E-state index contributed by atoms with van der Waals surface area (Å²) >= 11 is 0. The predicted molar refractivity (Wildman–Crippen MR) is 117 cm³/mol. The number of unbranched alkanes of at least 4 members (excludes halogenated alkanes) is 4. The van der Waals surface area contributed by atoms with Gasteiger partial charge in [0.1, 0.15) is 26.1 Å². The highest BCUT2D eigenvalue weighted by Gasteiger charge is 2.10. The van der Waals surface area contributed by atoms with E-state index in [0.29, 0.717) is 19.3 Å². The van der Waals surface area contributed by atoms with Gasteiger partial charge in [-0.15, -0.1) is 0 Å². The molecular formula is C22H43NO8. The standard InChI is InChI=1S/C13H25NO4.C9H18O4/c1-3-5-6-8-13(17)18-10-11(15)9-14-12(16)7-4-2;1-2-3-4-5-9(11)13-7-6-12-8-10/h11,15H,3-10H2,1-2H3,(H,14,16);10H,2-8H2,1H3/t11-;/m1./s1. The van der Waals surface area contributed by atoms with Crippen molar-refractivity contribution < 1.29 is 38.8 Å². The van der Waals surface area contributed by atoms with E-state index in [-0.39, 0.29) is 51.0 Å². The fourth-order valence-electron chi connectivity index (χ4n) is 2.26. The molecule has 0 aromatic heterocycles. The number of aliphatic hydroxyl groups is 2. The summed E-state index contributed by atoms with van der Waals surface area (Å²) in [5.74, 6) is -0.566. The molecular weight excluding hydrogens is 406 g/mol. The normalized spacial score (nSPS) is 11.1. The third-order valence-electron chi connectivity index (χ3n) is 4.00. The molecule has 0 spiro atoms. The molecule has 0 aliphatic heterocycles. The van der Waals surface area contributed by atoms with Crippen molar-refractivity contribution >= 4 is 17.8 Å². The number of aliphatic hydroxyl groups excluding tert-OH is 2. The first-order valence-corrected chi connectivity index (χ1v) is 11.4. The Morgan fingerprint density at radius 2 is 1.39 bits per heavy atom. The van der Waals surface area contributed by atoms with E-state index < -0.39 is 6.10 Å². The second-order valence-corrected chi connectivity index (χ2v) is 7.06. The molecule has 3 N–H and O–H groups in total. The number of amides is 1. The number of carbonyl (C=O) groups excluding carboxylic acids is 3. The minimum absolute atomic E-state index is 0.0582. The molecule has 9 heteroatoms. The van der Waals surface area contributed by atoms with Crippen LogP contribution < -0.4 is 5.32 Å². The van der Waals surface area contributed by atoms with Crippen molar-refractivity contribution in [2.45, 2.75) is 91.1 Å². The van der Waals surface area contributed by atoms with Crippen molar-refractivity contribution in [2.75, 3.05) is 33.2 Å². The zero-order valence-corrected chi connectivity index (χ0v) is 19.5. The molecule has 0 saturated heterocycles. The summed E-state index contributed by atoms with van der Waals surface area (Å²) in [6.45, 7) is 6.29. The van der Waals surface area contributed by atoms with Crippen LogP contribution >= 0.6 is 0 Å². The monoisotopic (exact) mass is 449 g/mol. The van der Waals surface area contributed by atoms with E-state index in [2.05, 4.69) is 23.9 Å². The Labute approximate surface area is 186 Å². The topological polar surface area (TPSA) is 131 Å². The van der Waals surface area contributed by atoms with Gasteiger partial charge in [-0.25, -0.2) is 0 Å². The molecule has 0 aliphatic carbocycles. The van der Waals surface area contributed by atoms with Crippen LogP contribution in [0.3, 0.4) is 0 Å². The highest BCUT2D eigenvalue weighted by molar-refractivity contribution is 5.75. The van der Waals surface area contributed by atoms with Crippen LogP contribution in [0.5, 0.6) is 0 Å². The maximum atomic E-state index is 11.2. The summed E-state index contributed by atoms with van der Waals surface area (Å²) in [6.07, 6.45) is 7.18. The SMILES string of the molecule is CCCCCC(=O)OCCOCO.CCCCCC(=O)OC[C@H](O)CNC(=O)CCC. The Morgan fingerprint density at radius 3 is 1.90 bits per heavy atom. The van der Waals surface area contributed by atoms with Crippen LogP contribution in [-0.2, 0) is 28.6 Å². The minimum Gasteiger partial charge on any atom is -0.463 e. The Bertz CT molecular complexity index is 445. The van der Waals surface area contributed by atoms with Gasteiger partial charge in [0, 0.05) is 25.8 Å². The lowest BCUT2D eigenvalue weighted by Crippen LogP contribution is -2.34. The number of ether oxygens (including phenoxy) is 3. The molecule has 0 fully saturated rings. The number of carbonyl (C=O) groups is 3. The lowest BCUT2D eigenvalue weighted by atomic mass is 10.2. The Hall–Kier alpha value is -1.71. The van der Waals surface area contributed by atoms with E-state index in [1.54, 1.807) is 0 Å². The number of nitrogens with one attached hydrogen (secondary N) is 1. The Morgan fingerprint density at radius 1 is 0.806 bits per heavy atom. The van der Waals surface area contributed by atoms with Gasteiger partial charge in [-0.3, -0.25) is 14.4 Å². The smallest absolute Gasteiger partial charge is 0.305 e. The third kappa shape index (κ3) is 26.3. The molecule has 184 valence electrons. The van der Waals surface area contributed by atoms with Gasteiger partial charge in [0.25, 0.3) is 0 Å². The molecule has 1 amide bonds. The molecule has 0 bridgehead atoms. The third-order valence-corrected chi connectivity index (χ3v) is 4.00. The molecule has 0 heterocycles. The second kappa shape index (κ2) is 24.6. The summed E-state index contributed by atoms with van der Waals surface area (Å²) in [6, 6.07) is 0. The highest BCUT2D eigenvalue weighted by Crippen LogP contribution is 2.01. The molecule has 0 saturated carbocycles. The molecule has 0 rings (SSSR count). The van der Waals surface area contributed by atoms with E-state index in [4.69, 9.17) is 14.6 Å². The van der Waals surface area contributed by atoms with Crippen LogP contribution in [0, 0.1) is 0 Å². The molecule has 0 unspecified atom stereocenters. The van der Waals surface area contributed by atoms with E-state index in [1.807, 2.05) is 6.92 Å². The average Bonchev–Trinajstić information content (AvgIpc) is 2.75. The van der Waals surface area contributed by atoms with Crippen molar-refractivity contribution in [1.82, 2.24) is 5.32 Å². The van der Waals surface area contributed by atoms with Crippen LogP contribution in [-0.4, -0.2) is 67.3 Å². The molecule has 1 atom stereocenters. The van der Waals surface area contributed by atoms with E-state index in [9.17, 15) is 19.5 Å². The van der Waals surface area contributed by atoms with Crippen LogP contribution in [0.25, 0.3) is 0 Å². The van der Waals surface area contributed by atoms with E-state index in [0.717, 1.165) is 44.9 Å².